The van der Waals surface area contributed by atoms with Gasteiger partial charge in [0.1, 0.15) is 5.82 Å². The number of hydrogen-bond donors (Lipinski definition) is 0. The Morgan fingerprint density at radius 1 is 0.953 bits per heavy atom. The Kier molecular flexibility index (Phi) is 8.54. The smallest absolute Gasteiger partial charge is 0.368 e. The number of benzene rings is 2. The highest BCUT2D eigenvalue weighted by atomic mass is 19.4. The van der Waals surface area contributed by atoms with Gasteiger partial charge in [-0.25, -0.2) is 4.39 Å². The average Bonchev–Trinajstić information content (AvgIpc) is 3.30. The van der Waals surface area contributed by atoms with Crippen LogP contribution >= 0.6 is 0 Å². The van der Waals surface area contributed by atoms with Crippen LogP contribution in [0.5, 0.6) is 0 Å². The first-order chi connectivity index (χ1) is 20.1. The molecule has 5 rings (SSSR count). The molecule has 2 amide bonds. The molecule has 3 saturated heterocycles. The number of likely N-dealkylation sites (tertiary alicyclic amines) is 1. The third-order valence-corrected chi connectivity index (χ3v) is 9.02. The van der Waals surface area contributed by atoms with Crippen LogP contribution in [0.4, 0.5) is 30.7 Å². The van der Waals surface area contributed by atoms with Crippen molar-refractivity contribution in [3.63, 3.8) is 0 Å². The molecule has 0 spiro atoms. The molecule has 1 unspecified atom stereocenters. The number of halogens is 7. The molecule has 0 bridgehead atoms. The molecule has 0 aliphatic carbocycles. The Labute approximate surface area is 245 Å². The topological polar surface area (TPSA) is 49.9 Å². The van der Waals surface area contributed by atoms with E-state index in [2.05, 4.69) is 6.92 Å². The number of amides is 2. The summed E-state index contributed by atoms with van der Waals surface area (Å²) < 4.78 is 101. The van der Waals surface area contributed by atoms with Crippen LogP contribution in [0, 0.1) is 17.7 Å². The molecule has 0 saturated carbocycles. The fourth-order valence-electron chi connectivity index (χ4n) is 6.63. The summed E-state index contributed by atoms with van der Waals surface area (Å²) >= 11 is 0. The first-order valence-corrected chi connectivity index (χ1v) is 14.4. The highest BCUT2D eigenvalue weighted by molar-refractivity contribution is 5.87. The van der Waals surface area contributed by atoms with Crippen molar-refractivity contribution >= 4 is 11.8 Å². The lowest BCUT2D eigenvalue weighted by Crippen LogP contribution is -2.50. The fraction of sp³-hybridized carbons (Fsp3) is 0.548. The second-order valence-corrected chi connectivity index (χ2v) is 12.0. The molecular formula is C31H33F7N2O3. The van der Waals surface area contributed by atoms with E-state index in [1.54, 1.807) is 9.80 Å². The molecule has 3 heterocycles. The summed E-state index contributed by atoms with van der Waals surface area (Å²) in [5.74, 6) is -1.52. The summed E-state index contributed by atoms with van der Waals surface area (Å²) in [5.41, 5.74) is -2.62. The molecule has 0 N–H and O–H groups in total. The maximum Gasteiger partial charge on any atom is 0.416 e. The van der Waals surface area contributed by atoms with Gasteiger partial charge in [-0.15, -0.1) is 0 Å². The summed E-state index contributed by atoms with van der Waals surface area (Å²) in [6.45, 7) is 4.74. The predicted molar refractivity (Wildman–Crippen MR) is 142 cm³/mol. The van der Waals surface area contributed by atoms with Gasteiger partial charge < -0.3 is 14.5 Å². The van der Waals surface area contributed by atoms with E-state index in [1.807, 2.05) is 0 Å². The minimum atomic E-state index is -5.01. The quantitative estimate of drug-likeness (QED) is 0.342. The Morgan fingerprint density at radius 2 is 1.53 bits per heavy atom. The highest BCUT2D eigenvalue weighted by Gasteiger charge is 2.51. The van der Waals surface area contributed by atoms with E-state index in [-0.39, 0.29) is 36.4 Å². The third kappa shape index (κ3) is 6.68. The summed E-state index contributed by atoms with van der Waals surface area (Å²) in [6.07, 6.45) is -10.00. The van der Waals surface area contributed by atoms with Gasteiger partial charge >= 0.3 is 12.4 Å². The van der Waals surface area contributed by atoms with Gasteiger partial charge in [-0.1, -0.05) is 19.1 Å². The second kappa shape index (κ2) is 11.7. The van der Waals surface area contributed by atoms with Gasteiger partial charge in [-0.3, -0.25) is 9.59 Å². The predicted octanol–water partition coefficient (Wildman–Crippen LogP) is 6.97. The molecule has 43 heavy (non-hydrogen) atoms. The number of piperidine rings is 2. The first kappa shape index (κ1) is 31.3. The molecule has 3 aliphatic heterocycles. The molecule has 3 aliphatic rings. The Morgan fingerprint density at radius 3 is 2.09 bits per heavy atom. The Bertz CT molecular complexity index is 1300. The third-order valence-electron chi connectivity index (χ3n) is 9.02. The van der Waals surface area contributed by atoms with Crippen molar-refractivity contribution < 1.29 is 45.1 Å². The van der Waals surface area contributed by atoms with Gasteiger partial charge in [0.25, 0.3) is 0 Å². The van der Waals surface area contributed by atoms with Crippen LogP contribution in [0.2, 0.25) is 0 Å². The zero-order valence-corrected chi connectivity index (χ0v) is 23.7. The molecule has 2 aromatic rings. The summed E-state index contributed by atoms with van der Waals surface area (Å²) in [7, 11) is 0. The van der Waals surface area contributed by atoms with Gasteiger partial charge in [-0.05, 0) is 73.6 Å². The Balaban J connectivity index is 1.44. The van der Waals surface area contributed by atoms with E-state index >= 15 is 0 Å². The highest BCUT2D eigenvalue weighted by Crippen LogP contribution is 2.45. The maximum atomic E-state index is 13.8. The van der Waals surface area contributed by atoms with Gasteiger partial charge in [0, 0.05) is 43.9 Å². The normalized spacial score (nSPS) is 26.0. The van der Waals surface area contributed by atoms with Crippen LogP contribution in [-0.2, 0) is 26.7 Å². The molecule has 12 heteroatoms. The molecule has 234 valence electrons. The second-order valence-electron chi connectivity index (χ2n) is 12.0. The van der Waals surface area contributed by atoms with E-state index in [0.717, 1.165) is 12.8 Å². The van der Waals surface area contributed by atoms with Crippen molar-refractivity contribution in [2.24, 2.45) is 11.8 Å². The van der Waals surface area contributed by atoms with E-state index in [1.165, 1.54) is 31.2 Å². The van der Waals surface area contributed by atoms with Crippen LogP contribution < -0.4 is 0 Å². The van der Waals surface area contributed by atoms with Crippen molar-refractivity contribution in [2.75, 3.05) is 19.6 Å². The monoisotopic (exact) mass is 614 g/mol. The lowest BCUT2D eigenvalue weighted by atomic mass is 9.81. The van der Waals surface area contributed by atoms with Crippen molar-refractivity contribution in [3.05, 3.63) is 70.5 Å². The molecular weight excluding hydrogens is 581 g/mol. The van der Waals surface area contributed by atoms with E-state index < -0.39 is 59.4 Å². The van der Waals surface area contributed by atoms with E-state index in [0.29, 0.717) is 43.1 Å². The number of nitrogens with zero attached hydrogens (tertiary/aromatic N) is 2. The summed E-state index contributed by atoms with van der Waals surface area (Å²) in [4.78, 5) is 30.2. The van der Waals surface area contributed by atoms with Crippen molar-refractivity contribution in [1.29, 1.82) is 0 Å². The molecule has 5 atom stereocenters. The number of hydrogen-bond acceptors (Lipinski definition) is 3. The van der Waals surface area contributed by atoms with Crippen LogP contribution in [0.3, 0.4) is 0 Å². The number of alkyl halides is 6. The first-order valence-electron chi connectivity index (χ1n) is 14.4. The van der Waals surface area contributed by atoms with Crippen LogP contribution in [0.25, 0.3) is 0 Å². The number of rotatable bonds is 5. The van der Waals surface area contributed by atoms with Crippen molar-refractivity contribution in [3.8, 4) is 0 Å². The average molecular weight is 615 g/mol. The van der Waals surface area contributed by atoms with Crippen molar-refractivity contribution in [1.82, 2.24) is 9.80 Å². The minimum absolute atomic E-state index is 0.00235. The maximum absolute atomic E-state index is 13.8. The van der Waals surface area contributed by atoms with Gasteiger partial charge in [0.05, 0.1) is 23.3 Å². The van der Waals surface area contributed by atoms with Crippen LogP contribution in [-0.4, -0.2) is 53.4 Å². The minimum Gasteiger partial charge on any atom is -0.368 e. The van der Waals surface area contributed by atoms with Crippen LogP contribution in [0.1, 0.15) is 73.8 Å². The Hall–Kier alpha value is -3.15. The molecule has 2 aromatic carbocycles. The number of ether oxygens (including phenoxy) is 1. The zero-order valence-electron chi connectivity index (χ0n) is 23.7. The van der Waals surface area contributed by atoms with E-state index in [4.69, 9.17) is 4.74 Å². The van der Waals surface area contributed by atoms with Crippen LogP contribution in [0.15, 0.2) is 42.5 Å². The largest absolute Gasteiger partial charge is 0.416 e. The lowest BCUT2D eigenvalue weighted by molar-refractivity contribution is -0.147. The summed E-state index contributed by atoms with van der Waals surface area (Å²) in [6, 6.07) is 6.34. The number of carbonyl (C=O) groups is 2. The summed E-state index contributed by atoms with van der Waals surface area (Å²) in [5, 5.41) is 0. The van der Waals surface area contributed by atoms with Gasteiger partial charge in [0.15, 0.2) is 0 Å². The standard InChI is InChI=1S/C31H33F7N2O3/c1-17-7-9-39(10-8-17)29(42)21-13-25-28(19-3-5-24(32)6-4-19)26(16-40(25)27(41)14-21)43-18(2)20-11-22(30(33,34)35)15-23(12-20)31(36,37)38/h3-6,11-12,15,17-18,21,25-26,28H,7-10,13-14,16H2,1-2H3/t18-,21?,25+,26+,28+/m1/s1. The molecule has 5 nitrogen and oxygen atoms in total. The van der Waals surface area contributed by atoms with E-state index in [9.17, 15) is 40.3 Å². The number of carbonyl (C=O) groups excluding carboxylic acids is 2. The van der Waals surface area contributed by atoms with Crippen molar-refractivity contribution in [2.45, 2.75) is 76.1 Å². The number of fused-ring (bicyclic) bond motifs is 1. The molecule has 0 aromatic heterocycles. The SMILES string of the molecule is CC1CCN(C(=O)C2CC(=O)N3C[C@H](O[C@H](C)c4cc(C(F)(F)F)cc(C(F)(F)F)c4)[C@@H](c4ccc(F)cc4)[C@@H]3C2)CC1. The molecule has 3 fully saturated rings. The lowest BCUT2D eigenvalue weighted by Gasteiger charge is -2.39. The van der Waals surface area contributed by atoms with Gasteiger partial charge in [0.2, 0.25) is 11.8 Å². The zero-order chi connectivity index (χ0) is 31.3. The molecule has 0 radical (unpaired) electrons. The fourth-order valence-corrected chi connectivity index (χ4v) is 6.63. The van der Waals surface area contributed by atoms with Gasteiger partial charge in [-0.2, -0.15) is 26.3 Å².